The molecule has 2 aromatic heterocycles. The predicted molar refractivity (Wildman–Crippen MR) is 153 cm³/mol. The molecule has 1 saturated heterocycles. The number of piperidine rings is 1. The Hall–Kier alpha value is -4.45. The van der Waals surface area contributed by atoms with E-state index in [0.717, 1.165) is 11.6 Å². The summed E-state index contributed by atoms with van der Waals surface area (Å²) < 4.78 is 45.3. The normalized spacial score (nSPS) is 14.7. The third-order valence-electron chi connectivity index (χ3n) is 6.63. The number of benzene rings is 1. The Labute approximate surface area is 251 Å². The Bertz CT molecular complexity index is 1430. The first kappa shape index (κ1) is 31.5. The van der Waals surface area contributed by atoms with E-state index in [1.54, 1.807) is 54.7 Å². The maximum absolute atomic E-state index is 13.2. The maximum Gasteiger partial charge on any atom is 0.421 e. The molecule has 0 bridgehead atoms. The zero-order valence-corrected chi connectivity index (χ0v) is 23.6. The molecule has 0 unspecified atom stereocenters. The van der Waals surface area contributed by atoms with Crippen molar-refractivity contribution in [2.75, 3.05) is 19.6 Å². The number of halogens is 4. The first-order valence-corrected chi connectivity index (χ1v) is 13.8. The molecule has 226 valence electrons. The molecule has 1 aromatic carbocycles. The number of nitrogens with zero attached hydrogens (tertiary/aromatic N) is 3. The van der Waals surface area contributed by atoms with Crippen LogP contribution in [-0.2, 0) is 27.0 Å². The van der Waals surface area contributed by atoms with E-state index in [1.165, 1.54) is 23.2 Å². The van der Waals surface area contributed by atoms with Gasteiger partial charge in [0.15, 0.2) is 0 Å². The Morgan fingerprint density at radius 3 is 2.42 bits per heavy atom. The fourth-order valence-electron chi connectivity index (χ4n) is 4.38. The molecular formula is C30H29ClF3N5O4. The highest BCUT2D eigenvalue weighted by Crippen LogP contribution is 2.35. The average molecular weight is 616 g/mol. The molecule has 0 spiro atoms. The summed E-state index contributed by atoms with van der Waals surface area (Å²) in [7, 11) is 0. The first-order chi connectivity index (χ1) is 20.6. The highest BCUT2D eigenvalue weighted by Gasteiger charge is 2.36. The zero-order valence-electron chi connectivity index (χ0n) is 22.9. The van der Waals surface area contributed by atoms with Crippen LogP contribution < -0.4 is 15.4 Å². The molecule has 3 amide bonds. The topological polar surface area (TPSA) is 114 Å². The average Bonchev–Trinajstić information content (AvgIpc) is 3.00. The highest BCUT2D eigenvalue weighted by atomic mass is 35.5. The van der Waals surface area contributed by atoms with E-state index in [0.29, 0.717) is 23.6 Å². The van der Waals surface area contributed by atoms with Crippen LogP contribution in [0.15, 0.2) is 73.1 Å². The monoisotopic (exact) mass is 615 g/mol. The number of rotatable bonds is 10. The molecule has 0 aliphatic carbocycles. The lowest BCUT2D eigenvalue weighted by Gasteiger charge is -2.32. The lowest BCUT2D eigenvalue weighted by Crippen LogP contribution is -2.51. The first-order valence-electron chi connectivity index (χ1n) is 13.5. The van der Waals surface area contributed by atoms with Gasteiger partial charge in [-0.25, -0.2) is 4.98 Å². The van der Waals surface area contributed by atoms with E-state index in [9.17, 15) is 27.6 Å². The number of nitrogens with one attached hydrogen (secondary N) is 2. The minimum Gasteiger partial charge on any atom is -0.474 e. The lowest BCUT2D eigenvalue weighted by molar-refractivity contribution is -0.140. The molecule has 43 heavy (non-hydrogen) atoms. The highest BCUT2D eigenvalue weighted by molar-refractivity contribution is 6.30. The van der Waals surface area contributed by atoms with Gasteiger partial charge in [-0.2, -0.15) is 13.2 Å². The fourth-order valence-corrected chi connectivity index (χ4v) is 4.51. The minimum atomic E-state index is -4.60. The SMILES string of the molecule is O=C(/C=C/c1ccc(Cl)cc1)N[C@@H](Cc1ccccn1)C(=O)NCC(=O)N1CCC(Oc2ncccc2C(F)(F)F)CC1. The van der Waals surface area contributed by atoms with Crippen LogP contribution in [0.3, 0.4) is 0 Å². The van der Waals surface area contributed by atoms with Crippen LogP contribution in [-0.4, -0.2) is 64.4 Å². The second kappa shape index (κ2) is 14.6. The van der Waals surface area contributed by atoms with Crippen LogP contribution in [0.1, 0.15) is 29.7 Å². The number of likely N-dealkylation sites (tertiary alicyclic amines) is 1. The number of carbonyl (C=O) groups is 3. The number of amides is 3. The van der Waals surface area contributed by atoms with Crippen molar-refractivity contribution in [3.05, 3.63) is 94.9 Å². The quantitative estimate of drug-likeness (QED) is 0.333. The minimum absolute atomic E-state index is 0.0948. The van der Waals surface area contributed by atoms with Gasteiger partial charge in [0, 0.05) is 61.5 Å². The van der Waals surface area contributed by atoms with Crippen molar-refractivity contribution in [2.45, 2.75) is 37.6 Å². The molecule has 1 aliphatic heterocycles. The molecule has 13 heteroatoms. The molecule has 1 fully saturated rings. The van der Waals surface area contributed by atoms with Gasteiger partial charge in [0.05, 0.1) is 6.54 Å². The van der Waals surface area contributed by atoms with Gasteiger partial charge in [0.2, 0.25) is 23.6 Å². The molecule has 9 nitrogen and oxygen atoms in total. The molecule has 3 heterocycles. The standard InChI is InChI=1S/C30H29ClF3N5O4/c31-21-9-6-20(7-10-21)8-11-26(40)38-25(18-22-4-1-2-14-35-22)28(42)37-19-27(41)39-16-12-23(13-17-39)43-29-24(30(32,33)34)5-3-15-36-29/h1-11,14-15,23,25H,12-13,16-19H2,(H,37,42)(H,38,40)/b11-8+/t25-/m0/s1. The fraction of sp³-hybridized carbons (Fsp3) is 0.300. The van der Waals surface area contributed by atoms with Crippen LogP contribution in [0.4, 0.5) is 13.2 Å². The van der Waals surface area contributed by atoms with E-state index < -0.39 is 41.6 Å². The molecule has 0 saturated carbocycles. The Kier molecular flexibility index (Phi) is 10.7. The molecule has 1 atom stereocenters. The van der Waals surface area contributed by atoms with Crippen molar-refractivity contribution < 1.29 is 32.3 Å². The summed E-state index contributed by atoms with van der Waals surface area (Å²) in [6.07, 6.45) is 1.22. The number of carbonyl (C=O) groups excluding carboxylic acids is 3. The number of hydrogen-bond acceptors (Lipinski definition) is 6. The second-order valence-electron chi connectivity index (χ2n) is 9.74. The molecule has 2 N–H and O–H groups in total. The molecule has 0 radical (unpaired) electrons. The number of aromatic nitrogens is 2. The van der Waals surface area contributed by atoms with Gasteiger partial charge in [-0.05, 0) is 48.0 Å². The van der Waals surface area contributed by atoms with Crippen molar-refractivity contribution in [3.63, 3.8) is 0 Å². The van der Waals surface area contributed by atoms with Gasteiger partial charge in [0.25, 0.3) is 0 Å². The van der Waals surface area contributed by atoms with Crippen molar-refractivity contribution in [3.8, 4) is 5.88 Å². The summed E-state index contributed by atoms with van der Waals surface area (Å²) in [4.78, 5) is 48.0. The summed E-state index contributed by atoms with van der Waals surface area (Å²) in [6.45, 7) is 0.145. The lowest BCUT2D eigenvalue weighted by atomic mass is 10.1. The Morgan fingerprint density at radius 2 is 1.74 bits per heavy atom. The summed E-state index contributed by atoms with van der Waals surface area (Å²) in [5, 5.41) is 5.81. The third kappa shape index (κ3) is 9.53. The van der Waals surface area contributed by atoms with Gasteiger partial charge in [-0.1, -0.05) is 29.8 Å². The van der Waals surface area contributed by atoms with Crippen molar-refractivity contribution in [1.29, 1.82) is 0 Å². The Morgan fingerprint density at radius 1 is 1.02 bits per heavy atom. The molecule has 4 rings (SSSR count). The van der Waals surface area contributed by atoms with E-state index in [2.05, 4.69) is 20.6 Å². The molecule has 3 aromatic rings. The van der Waals surface area contributed by atoms with Crippen LogP contribution in [0.5, 0.6) is 5.88 Å². The van der Waals surface area contributed by atoms with E-state index in [-0.39, 0.29) is 32.0 Å². The van der Waals surface area contributed by atoms with Crippen LogP contribution in [0, 0.1) is 0 Å². The van der Waals surface area contributed by atoms with Crippen molar-refractivity contribution >= 4 is 35.4 Å². The second-order valence-corrected chi connectivity index (χ2v) is 10.2. The Balaban J connectivity index is 1.30. The predicted octanol–water partition coefficient (Wildman–Crippen LogP) is 4.08. The van der Waals surface area contributed by atoms with Crippen LogP contribution in [0.2, 0.25) is 5.02 Å². The molecule has 1 aliphatic rings. The van der Waals surface area contributed by atoms with Gasteiger partial charge < -0.3 is 20.3 Å². The van der Waals surface area contributed by atoms with E-state index in [4.69, 9.17) is 16.3 Å². The number of pyridine rings is 2. The van der Waals surface area contributed by atoms with Crippen LogP contribution in [0.25, 0.3) is 6.08 Å². The number of hydrogen-bond donors (Lipinski definition) is 2. The molecular weight excluding hydrogens is 587 g/mol. The van der Waals surface area contributed by atoms with Gasteiger partial charge in [-0.15, -0.1) is 0 Å². The van der Waals surface area contributed by atoms with Gasteiger partial charge in [0.1, 0.15) is 17.7 Å². The summed E-state index contributed by atoms with van der Waals surface area (Å²) in [5.41, 5.74) is 0.356. The zero-order chi connectivity index (χ0) is 30.8. The third-order valence-corrected chi connectivity index (χ3v) is 6.88. The largest absolute Gasteiger partial charge is 0.474 e. The van der Waals surface area contributed by atoms with Crippen LogP contribution >= 0.6 is 11.6 Å². The van der Waals surface area contributed by atoms with E-state index >= 15 is 0 Å². The van der Waals surface area contributed by atoms with Gasteiger partial charge in [-0.3, -0.25) is 19.4 Å². The number of alkyl halides is 3. The van der Waals surface area contributed by atoms with E-state index in [1.807, 2.05) is 0 Å². The smallest absolute Gasteiger partial charge is 0.421 e. The summed E-state index contributed by atoms with van der Waals surface area (Å²) in [6, 6.07) is 13.1. The summed E-state index contributed by atoms with van der Waals surface area (Å²) >= 11 is 5.89. The van der Waals surface area contributed by atoms with Gasteiger partial charge >= 0.3 is 6.18 Å². The summed E-state index contributed by atoms with van der Waals surface area (Å²) in [5.74, 6) is -1.94. The van der Waals surface area contributed by atoms with Crippen molar-refractivity contribution in [1.82, 2.24) is 25.5 Å². The maximum atomic E-state index is 13.2. The number of ether oxygens (including phenoxy) is 1. The van der Waals surface area contributed by atoms with Crippen molar-refractivity contribution in [2.24, 2.45) is 0 Å².